The summed E-state index contributed by atoms with van der Waals surface area (Å²) in [5.41, 5.74) is 0.111. The molecule has 1 aliphatic carbocycles. The molecule has 2 unspecified atom stereocenters. The largest absolute Gasteiger partial charge is 0.477 e. The van der Waals surface area contributed by atoms with Gasteiger partial charge in [-0.25, -0.2) is 9.78 Å². The van der Waals surface area contributed by atoms with Gasteiger partial charge in [-0.05, 0) is 53.1 Å². The minimum absolute atomic E-state index is 0.0607. The van der Waals surface area contributed by atoms with Crippen LogP contribution in [0.15, 0.2) is 16.7 Å². The molecule has 1 aromatic heterocycles. The first kappa shape index (κ1) is 14.3. The summed E-state index contributed by atoms with van der Waals surface area (Å²) in [5, 5.41) is 9.18. The van der Waals surface area contributed by atoms with Gasteiger partial charge in [0, 0.05) is 10.7 Å². The van der Waals surface area contributed by atoms with Crippen molar-refractivity contribution >= 4 is 21.9 Å². The Kier molecular flexibility index (Phi) is 4.45. The molecule has 1 aromatic rings. The van der Waals surface area contributed by atoms with Gasteiger partial charge in [0.1, 0.15) is 11.7 Å². The van der Waals surface area contributed by atoms with Gasteiger partial charge in [0.15, 0.2) is 0 Å². The molecule has 1 heterocycles. The number of hydrogen-bond acceptors (Lipinski definition) is 3. The standard InChI is InChI=1S/C14H18BrNO3/c1-8-3-9(2)5-11(4-8)19-13-12(14(17)18)6-10(15)7-16-13/h6-9,11H,3-5H2,1-2H3,(H,17,18). The normalized spacial score (nSPS) is 27.0. The third-order valence-corrected chi connectivity index (χ3v) is 3.90. The molecule has 0 spiro atoms. The summed E-state index contributed by atoms with van der Waals surface area (Å²) in [6.07, 6.45) is 4.75. The number of aromatic nitrogens is 1. The molecule has 19 heavy (non-hydrogen) atoms. The van der Waals surface area contributed by atoms with Gasteiger partial charge in [-0.3, -0.25) is 0 Å². The molecule has 104 valence electrons. The van der Waals surface area contributed by atoms with Crippen LogP contribution in [0, 0.1) is 11.8 Å². The van der Waals surface area contributed by atoms with E-state index in [9.17, 15) is 9.90 Å². The molecule has 1 N–H and O–H groups in total. The lowest BCUT2D eigenvalue weighted by molar-refractivity contribution is 0.0670. The summed E-state index contributed by atoms with van der Waals surface area (Å²) in [7, 11) is 0. The van der Waals surface area contributed by atoms with Crippen LogP contribution >= 0.6 is 15.9 Å². The number of halogens is 1. The van der Waals surface area contributed by atoms with Crippen molar-refractivity contribution in [2.75, 3.05) is 0 Å². The summed E-state index contributed by atoms with van der Waals surface area (Å²) in [6.45, 7) is 4.41. The molecule has 1 fully saturated rings. The van der Waals surface area contributed by atoms with Crippen LogP contribution in [-0.2, 0) is 0 Å². The van der Waals surface area contributed by atoms with E-state index in [0.717, 1.165) is 12.8 Å². The number of hydrogen-bond donors (Lipinski definition) is 1. The Hall–Kier alpha value is -1.10. The van der Waals surface area contributed by atoms with Crippen molar-refractivity contribution in [3.05, 3.63) is 22.3 Å². The zero-order valence-electron chi connectivity index (χ0n) is 11.1. The third-order valence-electron chi connectivity index (χ3n) is 3.46. The Labute approximate surface area is 121 Å². The molecule has 2 atom stereocenters. The first-order valence-electron chi connectivity index (χ1n) is 6.51. The molecular weight excluding hydrogens is 310 g/mol. The first-order valence-corrected chi connectivity index (χ1v) is 7.30. The van der Waals surface area contributed by atoms with Gasteiger partial charge >= 0.3 is 5.97 Å². The van der Waals surface area contributed by atoms with Crippen LogP contribution in [0.5, 0.6) is 5.88 Å². The van der Waals surface area contributed by atoms with Crippen molar-refractivity contribution in [3.8, 4) is 5.88 Å². The van der Waals surface area contributed by atoms with Gasteiger partial charge in [0.05, 0.1) is 0 Å². The number of rotatable bonds is 3. The minimum Gasteiger partial charge on any atom is -0.477 e. The Morgan fingerprint density at radius 1 is 1.37 bits per heavy atom. The lowest BCUT2D eigenvalue weighted by atomic mass is 9.82. The van der Waals surface area contributed by atoms with Gasteiger partial charge in [-0.15, -0.1) is 0 Å². The molecule has 0 amide bonds. The number of pyridine rings is 1. The molecule has 0 bridgehead atoms. The monoisotopic (exact) mass is 327 g/mol. The Balaban J connectivity index is 2.16. The fourth-order valence-electron chi connectivity index (χ4n) is 2.80. The molecule has 0 radical (unpaired) electrons. The lowest BCUT2D eigenvalue weighted by Gasteiger charge is -2.31. The highest BCUT2D eigenvalue weighted by atomic mass is 79.9. The topological polar surface area (TPSA) is 59.4 Å². The van der Waals surface area contributed by atoms with E-state index in [-0.39, 0.29) is 17.5 Å². The highest BCUT2D eigenvalue weighted by molar-refractivity contribution is 9.10. The fourth-order valence-corrected chi connectivity index (χ4v) is 3.13. The van der Waals surface area contributed by atoms with Crippen LogP contribution in [0.25, 0.3) is 0 Å². The van der Waals surface area contributed by atoms with Gasteiger partial charge in [-0.2, -0.15) is 0 Å². The lowest BCUT2D eigenvalue weighted by Crippen LogP contribution is -2.29. The van der Waals surface area contributed by atoms with E-state index in [1.165, 1.54) is 12.5 Å². The van der Waals surface area contributed by atoms with Crippen LogP contribution in [0.2, 0.25) is 0 Å². The third kappa shape index (κ3) is 3.69. The molecule has 0 aromatic carbocycles. The van der Waals surface area contributed by atoms with Crippen molar-refractivity contribution in [2.24, 2.45) is 11.8 Å². The maximum absolute atomic E-state index is 11.2. The van der Waals surface area contributed by atoms with Crippen molar-refractivity contribution in [2.45, 2.75) is 39.2 Å². The Morgan fingerprint density at radius 3 is 2.58 bits per heavy atom. The van der Waals surface area contributed by atoms with Crippen molar-refractivity contribution < 1.29 is 14.6 Å². The number of aromatic carboxylic acids is 1. The number of nitrogens with zero attached hydrogens (tertiary/aromatic N) is 1. The second-order valence-corrected chi connectivity index (χ2v) is 6.38. The molecule has 0 saturated heterocycles. The van der Waals surface area contributed by atoms with Crippen LogP contribution in [0.3, 0.4) is 0 Å². The van der Waals surface area contributed by atoms with E-state index >= 15 is 0 Å². The second-order valence-electron chi connectivity index (χ2n) is 5.47. The van der Waals surface area contributed by atoms with E-state index in [1.807, 2.05) is 0 Å². The van der Waals surface area contributed by atoms with Gasteiger partial charge < -0.3 is 9.84 Å². The summed E-state index contributed by atoms with van der Waals surface area (Å²) < 4.78 is 6.47. The quantitative estimate of drug-likeness (QED) is 0.918. The smallest absolute Gasteiger partial charge is 0.341 e. The average Bonchev–Trinajstić information content (AvgIpc) is 2.30. The van der Waals surface area contributed by atoms with Crippen LogP contribution in [-0.4, -0.2) is 22.2 Å². The van der Waals surface area contributed by atoms with E-state index in [0.29, 0.717) is 16.3 Å². The van der Waals surface area contributed by atoms with Gasteiger partial charge in [0.2, 0.25) is 5.88 Å². The van der Waals surface area contributed by atoms with Crippen LogP contribution < -0.4 is 4.74 Å². The van der Waals surface area contributed by atoms with Crippen molar-refractivity contribution in [1.29, 1.82) is 0 Å². The van der Waals surface area contributed by atoms with Crippen molar-refractivity contribution in [1.82, 2.24) is 4.98 Å². The summed E-state index contributed by atoms with van der Waals surface area (Å²) >= 11 is 3.23. The summed E-state index contributed by atoms with van der Waals surface area (Å²) in [5.74, 6) is 0.428. The molecule has 5 heteroatoms. The van der Waals surface area contributed by atoms with E-state index in [4.69, 9.17) is 4.74 Å². The highest BCUT2D eigenvalue weighted by Gasteiger charge is 2.27. The number of carbonyl (C=O) groups is 1. The Morgan fingerprint density at radius 2 is 2.00 bits per heavy atom. The predicted octanol–water partition coefficient (Wildman–Crippen LogP) is 3.75. The first-order chi connectivity index (χ1) is 8.95. The van der Waals surface area contributed by atoms with E-state index in [1.54, 1.807) is 6.20 Å². The van der Waals surface area contributed by atoms with E-state index < -0.39 is 5.97 Å². The van der Waals surface area contributed by atoms with Gasteiger partial charge in [0.25, 0.3) is 0 Å². The van der Waals surface area contributed by atoms with Crippen LogP contribution in [0.1, 0.15) is 43.5 Å². The molecule has 1 saturated carbocycles. The highest BCUT2D eigenvalue weighted by Crippen LogP contribution is 2.32. The minimum atomic E-state index is -1.01. The fraction of sp³-hybridized carbons (Fsp3) is 0.571. The number of carboxylic acid groups (broad SMARTS) is 1. The molecule has 1 aliphatic rings. The Bertz CT molecular complexity index is 468. The average molecular weight is 328 g/mol. The number of ether oxygens (including phenoxy) is 1. The second kappa shape index (κ2) is 5.90. The zero-order valence-corrected chi connectivity index (χ0v) is 12.7. The predicted molar refractivity (Wildman–Crippen MR) is 75.5 cm³/mol. The molecule has 2 rings (SSSR count). The molecular formula is C14H18BrNO3. The van der Waals surface area contributed by atoms with Crippen LogP contribution in [0.4, 0.5) is 0 Å². The van der Waals surface area contributed by atoms with E-state index in [2.05, 4.69) is 34.8 Å². The maximum Gasteiger partial charge on any atom is 0.341 e. The zero-order chi connectivity index (χ0) is 14.0. The summed E-state index contributed by atoms with van der Waals surface area (Å²) in [6, 6.07) is 1.53. The molecule has 4 nitrogen and oxygen atoms in total. The van der Waals surface area contributed by atoms with Crippen molar-refractivity contribution in [3.63, 3.8) is 0 Å². The summed E-state index contributed by atoms with van der Waals surface area (Å²) in [4.78, 5) is 15.3. The molecule has 0 aliphatic heterocycles. The number of carboxylic acids is 1. The van der Waals surface area contributed by atoms with Gasteiger partial charge in [-0.1, -0.05) is 13.8 Å². The SMILES string of the molecule is CC1CC(C)CC(Oc2ncc(Br)cc2C(=O)O)C1. The maximum atomic E-state index is 11.2.